The largest absolute Gasteiger partial charge is 0.342 e. The number of nitrogens with one attached hydrogen (secondary N) is 1. The van der Waals surface area contributed by atoms with Crippen molar-refractivity contribution in [2.75, 3.05) is 18.5 Å². The normalized spacial score (nSPS) is 17.0. The third kappa shape index (κ3) is 3.88. The van der Waals surface area contributed by atoms with Crippen molar-refractivity contribution in [1.82, 2.24) is 14.9 Å². The minimum absolute atomic E-state index is 0.00216. The maximum Gasteiger partial charge on any atom is 0.249 e. The Kier molecular flexibility index (Phi) is 5.34. The van der Waals surface area contributed by atoms with Gasteiger partial charge in [0.15, 0.2) is 0 Å². The van der Waals surface area contributed by atoms with E-state index in [9.17, 15) is 9.59 Å². The van der Waals surface area contributed by atoms with Gasteiger partial charge in [0.1, 0.15) is 11.9 Å². The van der Waals surface area contributed by atoms with Crippen LogP contribution in [0.5, 0.6) is 0 Å². The van der Waals surface area contributed by atoms with Gasteiger partial charge in [-0.05, 0) is 43.5 Å². The first kappa shape index (κ1) is 19.2. The monoisotopic (exact) mass is 390 g/mol. The number of aryl methyl sites for hydroxylation is 2. The van der Waals surface area contributed by atoms with Gasteiger partial charge in [0.25, 0.3) is 0 Å². The predicted molar refractivity (Wildman–Crippen MR) is 114 cm³/mol. The number of aromatic nitrogens is 2. The molecule has 3 aromatic rings. The molecule has 150 valence electrons. The summed E-state index contributed by atoms with van der Waals surface area (Å²) in [5.41, 5.74) is 3.94. The highest BCUT2D eigenvalue weighted by atomic mass is 16.2. The fourth-order valence-electron chi connectivity index (χ4n) is 4.00. The van der Waals surface area contributed by atoms with Crippen LogP contribution in [-0.2, 0) is 16.0 Å². The van der Waals surface area contributed by atoms with Gasteiger partial charge >= 0.3 is 0 Å². The Morgan fingerprint density at radius 1 is 1.21 bits per heavy atom. The summed E-state index contributed by atoms with van der Waals surface area (Å²) >= 11 is 0. The van der Waals surface area contributed by atoms with E-state index in [4.69, 9.17) is 0 Å². The fraction of sp³-hybridized carbons (Fsp3) is 0.348. The number of anilines is 1. The summed E-state index contributed by atoms with van der Waals surface area (Å²) in [5, 5.41) is 0. The first-order valence-corrected chi connectivity index (χ1v) is 10.1. The molecule has 1 saturated heterocycles. The third-order valence-electron chi connectivity index (χ3n) is 5.68. The van der Waals surface area contributed by atoms with Crippen molar-refractivity contribution in [3.8, 4) is 0 Å². The number of piperidine rings is 1. The van der Waals surface area contributed by atoms with Crippen molar-refractivity contribution in [3.63, 3.8) is 0 Å². The maximum atomic E-state index is 13.0. The lowest BCUT2D eigenvalue weighted by Gasteiger charge is -2.36. The van der Waals surface area contributed by atoms with Crippen LogP contribution in [-0.4, -0.2) is 46.3 Å². The lowest BCUT2D eigenvalue weighted by atomic mass is 10.0. The van der Waals surface area contributed by atoms with Crippen LogP contribution >= 0.6 is 0 Å². The van der Waals surface area contributed by atoms with E-state index in [1.807, 2.05) is 55.5 Å². The molecule has 2 aromatic carbocycles. The Hall–Kier alpha value is -3.15. The summed E-state index contributed by atoms with van der Waals surface area (Å²) in [4.78, 5) is 37.1. The number of aromatic amines is 1. The van der Waals surface area contributed by atoms with Crippen molar-refractivity contribution in [2.24, 2.45) is 0 Å². The molecule has 0 bridgehead atoms. The van der Waals surface area contributed by atoms with Gasteiger partial charge in [-0.15, -0.1) is 0 Å². The molecule has 4 rings (SSSR count). The SMILES string of the molecule is Cc1cccc2[nH]c(CCC(=O)N(C)C3CCCN(c4ccccc4)C3=O)nc12. The molecule has 0 radical (unpaired) electrons. The molecule has 1 aliphatic heterocycles. The molecule has 1 fully saturated rings. The molecule has 2 heterocycles. The van der Waals surface area contributed by atoms with Crippen LogP contribution in [0.15, 0.2) is 48.5 Å². The number of hydrogen-bond acceptors (Lipinski definition) is 3. The third-order valence-corrected chi connectivity index (χ3v) is 5.68. The van der Waals surface area contributed by atoms with E-state index in [2.05, 4.69) is 9.97 Å². The lowest BCUT2D eigenvalue weighted by molar-refractivity contribution is -0.138. The number of hydrogen-bond donors (Lipinski definition) is 1. The number of fused-ring (bicyclic) bond motifs is 1. The quantitative estimate of drug-likeness (QED) is 0.725. The van der Waals surface area contributed by atoms with Gasteiger partial charge in [-0.2, -0.15) is 0 Å². The van der Waals surface area contributed by atoms with Gasteiger partial charge in [0, 0.05) is 32.1 Å². The zero-order valence-electron chi connectivity index (χ0n) is 16.9. The van der Waals surface area contributed by atoms with Crippen molar-refractivity contribution in [1.29, 1.82) is 0 Å². The summed E-state index contributed by atoms with van der Waals surface area (Å²) < 4.78 is 0. The van der Waals surface area contributed by atoms with Gasteiger partial charge in [-0.25, -0.2) is 4.98 Å². The van der Waals surface area contributed by atoms with Gasteiger partial charge in [-0.3, -0.25) is 9.59 Å². The highest BCUT2D eigenvalue weighted by molar-refractivity contribution is 5.99. The van der Waals surface area contributed by atoms with E-state index < -0.39 is 6.04 Å². The number of carbonyl (C=O) groups is 2. The highest BCUT2D eigenvalue weighted by Gasteiger charge is 2.34. The Labute approximate surface area is 170 Å². The Morgan fingerprint density at radius 3 is 2.76 bits per heavy atom. The zero-order valence-corrected chi connectivity index (χ0v) is 16.9. The maximum absolute atomic E-state index is 13.0. The standard InChI is InChI=1S/C23H26N4O2/c1-16-8-6-11-18-22(16)25-20(24-18)13-14-21(28)26(2)19-12-7-15-27(23(19)29)17-9-4-3-5-10-17/h3-6,8-11,19H,7,12-15H2,1-2H3,(H,24,25). The predicted octanol–water partition coefficient (Wildman–Crippen LogP) is 3.46. The van der Waals surface area contributed by atoms with E-state index in [0.717, 1.165) is 34.5 Å². The molecular formula is C23H26N4O2. The first-order chi connectivity index (χ1) is 14.0. The number of carbonyl (C=O) groups excluding carboxylic acids is 2. The number of benzene rings is 2. The number of rotatable bonds is 5. The zero-order chi connectivity index (χ0) is 20.4. The van der Waals surface area contributed by atoms with Crippen LogP contribution < -0.4 is 4.90 Å². The molecule has 29 heavy (non-hydrogen) atoms. The number of para-hydroxylation sites is 2. The molecule has 0 spiro atoms. The lowest BCUT2D eigenvalue weighted by Crippen LogP contribution is -2.53. The van der Waals surface area contributed by atoms with Crippen molar-refractivity contribution in [3.05, 3.63) is 59.9 Å². The Balaban J connectivity index is 1.41. The molecule has 0 saturated carbocycles. The number of amides is 2. The molecule has 1 atom stereocenters. The summed E-state index contributed by atoms with van der Waals surface area (Å²) in [6, 6.07) is 15.3. The first-order valence-electron chi connectivity index (χ1n) is 10.1. The highest BCUT2D eigenvalue weighted by Crippen LogP contribution is 2.24. The second-order valence-corrected chi connectivity index (χ2v) is 7.64. The molecule has 1 N–H and O–H groups in total. The second-order valence-electron chi connectivity index (χ2n) is 7.64. The van der Waals surface area contributed by atoms with Gasteiger partial charge < -0.3 is 14.8 Å². The van der Waals surface area contributed by atoms with E-state index in [1.54, 1.807) is 16.8 Å². The minimum Gasteiger partial charge on any atom is -0.342 e. The molecule has 1 unspecified atom stereocenters. The fourth-order valence-corrected chi connectivity index (χ4v) is 4.00. The number of imidazole rings is 1. The van der Waals surface area contributed by atoms with Crippen LogP contribution in [0.4, 0.5) is 5.69 Å². The van der Waals surface area contributed by atoms with Crippen molar-refractivity contribution in [2.45, 2.75) is 38.6 Å². The number of H-pyrrole nitrogens is 1. The van der Waals surface area contributed by atoms with Crippen LogP contribution in [0.3, 0.4) is 0 Å². The van der Waals surface area contributed by atoms with Crippen LogP contribution in [0.1, 0.15) is 30.7 Å². The van der Waals surface area contributed by atoms with Crippen LogP contribution in [0.25, 0.3) is 11.0 Å². The van der Waals surface area contributed by atoms with E-state index >= 15 is 0 Å². The molecule has 1 aliphatic rings. The molecule has 2 amide bonds. The van der Waals surface area contributed by atoms with Gasteiger partial charge in [-0.1, -0.05) is 30.3 Å². The summed E-state index contributed by atoms with van der Waals surface area (Å²) in [6.07, 6.45) is 2.44. The van der Waals surface area contributed by atoms with Gasteiger partial charge in [0.05, 0.1) is 11.0 Å². The molecule has 0 aliphatic carbocycles. The number of likely N-dealkylation sites (N-methyl/N-ethyl adjacent to an activating group) is 1. The van der Waals surface area contributed by atoms with Gasteiger partial charge in [0.2, 0.25) is 11.8 Å². The average Bonchev–Trinajstić information content (AvgIpc) is 3.17. The second kappa shape index (κ2) is 8.07. The molecular weight excluding hydrogens is 364 g/mol. The Bertz CT molecular complexity index is 1030. The smallest absolute Gasteiger partial charge is 0.249 e. The Morgan fingerprint density at radius 2 is 2.00 bits per heavy atom. The van der Waals surface area contributed by atoms with Crippen molar-refractivity contribution >= 4 is 28.5 Å². The average molecular weight is 390 g/mol. The van der Waals surface area contributed by atoms with E-state index in [-0.39, 0.29) is 11.8 Å². The van der Waals surface area contributed by atoms with E-state index in [1.165, 1.54) is 0 Å². The molecule has 6 heteroatoms. The minimum atomic E-state index is -0.408. The van der Waals surface area contributed by atoms with Crippen LogP contribution in [0.2, 0.25) is 0 Å². The van der Waals surface area contributed by atoms with E-state index in [0.29, 0.717) is 25.8 Å². The van der Waals surface area contributed by atoms with Crippen LogP contribution in [0, 0.1) is 6.92 Å². The molecule has 6 nitrogen and oxygen atoms in total. The molecule has 1 aromatic heterocycles. The topological polar surface area (TPSA) is 69.3 Å². The van der Waals surface area contributed by atoms with Crippen molar-refractivity contribution < 1.29 is 9.59 Å². The summed E-state index contributed by atoms with van der Waals surface area (Å²) in [6.45, 7) is 2.72. The number of nitrogens with zero attached hydrogens (tertiary/aromatic N) is 3. The summed E-state index contributed by atoms with van der Waals surface area (Å²) in [5.74, 6) is 0.769. The summed E-state index contributed by atoms with van der Waals surface area (Å²) in [7, 11) is 1.74.